The van der Waals surface area contributed by atoms with Gasteiger partial charge >= 0.3 is 0 Å². The molecule has 0 saturated heterocycles. The van der Waals surface area contributed by atoms with E-state index in [4.69, 9.17) is 4.74 Å². The molecule has 0 saturated carbocycles. The van der Waals surface area contributed by atoms with E-state index in [-0.39, 0.29) is 5.16 Å². The number of benzene rings is 1. The van der Waals surface area contributed by atoms with E-state index in [9.17, 15) is 4.57 Å². The molecular formula is C14H23O2P. The molecular weight excluding hydrogens is 231 g/mol. The molecule has 0 spiro atoms. The van der Waals surface area contributed by atoms with Crippen molar-refractivity contribution in [1.82, 2.24) is 0 Å². The van der Waals surface area contributed by atoms with Crippen LogP contribution < -0.4 is 0 Å². The first-order valence-corrected chi connectivity index (χ1v) is 8.08. The largest absolute Gasteiger partial charge is 0.384 e. The smallest absolute Gasteiger partial charge is 0.0991 e. The van der Waals surface area contributed by atoms with Crippen LogP contribution in [0.15, 0.2) is 30.3 Å². The Kier molecular flexibility index (Phi) is 4.97. The second kappa shape index (κ2) is 5.84. The van der Waals surface area contributed by atoms with E-state index in [1.807, 2.05) is 30.3 Å². The third-order valence-corrected chi connectivity index (χ3v) is 7.39. The van der Waals surface area contributed by atoms with Crippen molar-refractivity contribution in [3.63, 3.8) is 0 Å². The molecule has 1 aromatic carbocycles. The van der Waals surface area contributed by atoms with Crippen molar-refractivity contribution in [1.29, 1.82) is 0 Å². The van der Waals surface area contributed by atoms with Crippen molar-refractivity contribution in [2.75, 3.05) is 19.9 Å². The fraction of sp³-hybridized carbons (Fsp3) is 0.571. The van der Waals surface area contributed by atoms with E-state index in [1.165, 1.54) is 0 Å². The molecule has 0 aliphatic carbocycles. The average Bonchev–Trinajstić information content (AvgIpc) is 2.26. The van der Waals surface area contributed by atoms with Gasteiger partial charge < -0.3 is 9.30 Å². The summed E-state index contributed by atoms with van der Waals surface area (Å²) in [6.45, 7) is 6.76. The maximum absolute atomic E-state index is 13.1. The highest BCUT2D eigenvalue weighted by molar-refractivity contribution is 7.64. The van der Waals surface area contributed by atoms with Gasteiger partial charge in [0.2, 0.25) is 0 Å². The zero-order valence-corrected chi connectivity index (χ0v) is 12.2. The van der Waals surface area contributed by atoms with Gasteiger partial charge in [-0.05, 0) is 5.56 Å². The van der Waals surface area contributed by atoms with Gasteiger partial charge in [0.25, 0.3) is 0 Å². The molecule has 0 aromatic heterocycles. The van der Waals surface area contributed by atoms with E-state index in [0.29, 0.717) is 18.9 Å². The topological polar surface area (TPSA) is 26.3 Å². The standard InChI is InChI=1S/C14H23O2P/c1-14(2,3)17(15,11-10-16-4)12-13-8-6-5-7-9-13/h5-9H,10-12H2,1-4H3. The van der Waals surface area contributed by atoms with Gasteiger partial charge in [-0.2, -0.15) is 0 Å². The van der Waals surface area contributed by atoms with Gasteiger partial charge in [-0.1, -0.05) is 51.1 Å². The third-order valence-electron chi connectivity index (χ3n) is 3.16. The number of methoxy groups -OCH3 is 1. The van der Waals surface area contributed by atoms with Crippen LogP contribution in [0, 0.1) is 0 Å². The quantitative estimate of drug-likeness (QED) is 0.742. The molecule has 0 N–H and O–H groups in total. The molecule has 0 radical (unpaired) electrons. The average molecular weight is 254 g/mol. The van der Waals surface area contributed by atoms with Crippen molar-refractivity contribution in [2.24, 2.45) is 0 Å². The molecule has 1 aromatic rings. The lowest BCUT2D eigenvalue weighted by Crippen LogP contribution is -2.20. The summed E-state index contributed by atoms with van der Waals surface area (Å²) in [5.41, 5.74) is 1.15. The van der Waals surface area contributed by atoms with Gasteiger partial charge in [-0.25, -0.2) is 0 Å². The highest BCUT2D eigenvalue weighted by Crippen LogP contribution is 2.59. The molecule has 0 amide bonds. The lowest BCUT2D eigenvalue weighted by atomic mass is 10.2. The predicted molar refractivity (Wildman–Crippen MR) is 74.2 cm³/mol. The Morgan fingerprint density at radius 3 is 2.24 bits per heavy atom. The van der Waals surface area contributed by atoms with Crippen molar-refractivity contribution in [2.45, 2.75) is 32.1 Å². The molecule has 1 unspecified atom stereocenters. The Labute approximate surface area is 105 Å². The molecule has 17 heavy (non-hydrogen) atoms. The first kappa shape index (κ1) is 14.5. The van der Waals surface area contributed by atoms with E-state index in [1.54, 1.807) is 7.11 Å². The van der Waals surface area contributed by atoms with Crippen LogP contribution in [-0.4, -0.2) is 25.0 Å². The van der Waals surface area contributed by atoms with Crippen LogP contribution in [0.1, 0.15) is 26.3 Å². The Bertz CT molecular complexity index is 379. The van der Waals surface area contributed by atoms with E-state index >= 15 is 0 Å². The Hall–Kier alpha value is -0.590. The molecule has 0 aliphatic rings. The fourth-order valence-electron chi connectivity index (χ4n) is 1.77. The Morgan fingerprint density at radius 1 is 1.18 bits per heavy atom. The van der Waals surface area contributed by atoms with Crippen LogP contribution in [0.5, 0.6) is 0 Å². The molecule has 2 nitrogen and oxygen atoms in total. The molecule has 96 valence electrons. The second-order valence-corrected chi connectivity index (χ2v) is 9.30. The first-order chi connectivity index (χ1) is 7.89. The minimum absolute atomic E-state index is 0.165. The number of hydrogen-bond acceptors (Lipinski definition) is 2. The molecule has 0 fully saturated rings. The summed E-state index contributed by atoms with van der Waals surface area (Å²) in [6, 6.07) is 10.1. The van der Waals surface area contributed by atoms with Crippen LogP contribution in [0.4, 0.5) is 0 Å². The molecule has 0 bridgehead atoms. The van der Waals surface area contributed by atoms with Gasteiger partial charge in [0.15, 0.2) is 0 Å². The Balaban J connectivity index is 2.89. The van der Waals surface area contributed by atoms with Crippen LogP contribution in [-0.2, 0) is 15.5 Å². The third kappa shape index (κ3) is 3.97. The van der Waals surface area contributed by atoms with Gasteiger partial charge in [0.1, 0.15) is 0 Å². The fourth-order valence-corrected chi connectivity index (χ4v) is 4.35. The van der Waals surface area contributed by atoms with Gasteiger partial charge in [0.05, 0.1) is 13.7 Å². The lowest BCUT2D eigenvalue weighted by molar-refractivity contribution is 0.216. The summed E-state index contributed by atoms with van der Waals surface area (Å²) in [5.74, 6) is 0. The van der Waals surface area contributed by atoms with Gasteiger partial charge in [0, 0.05) is 24.6 Å². The summed E-state index contributed by atoms with van der Waals surface area (Å²) in [5, 5.41) is -0.165. The number of rotatable bonds is 5. The van der Waals surface area contributed by atoms with Gasteiger partial charge in [-0.15, -0.1) is 0 Å². The molecule has 0 aliphatic heterocycles. The van der Waals surface area contributed by atoms with Crippen molar-refractivity contribution in [3.05, 3.63) is 35.9 Å². The first-order valence-electron chi connectivity index (χ1n) is 6.00. The monoisotopic (exact) mass is 254 g/mol. The minimum Gasteiger partial charge on any atom is -0.384 e. The maximum Gasteiger partial charge on any atom is 0.0991 e. The summed E-state index contributed by atoms with van der Waals surface area (Å²) in [6.07, 6.45) is 1.32. The van der Waals surface area contributed by atoms with Crippen LogP contribution >= 0.6 is 7.14 Å². The van der Waals surface area contributed by atoms with E-state index in [0.717, 1.165) is 5.56 Å². The van der Waals surface area contributed by atoms with Crippen LogP contribution in [0.25, 0.3) is 0 Å². The van der Waals surface area contributed by atoms with Crippen molar-refractivity contribution < 1.29 is 9.30 Å². The maximum atomic E-state index is 13.1. The summed E-state index contributed by atoms with van der Waals surface area (Å²) < 4.78 is 18.2. The normalized spacial score (nSPS) is 15.5. The SMILES string of the molecule is COCCP(=O)(Cc1ccccc1)C(C)(C)C. The lowest BCUT2D eigenvalue weighted by Gasteiger charge is -2.31. The number of hydrogen-bond donors (Lipinski definition) is 0. The van der Waals surface area contributed by atoms with Gasteiger partial charge in [-0.3, -0.25) is 0 Å². The zero-order valence-electron chi connectivity index (χ0n) is 11.3. The minimum atomic E-state index is -2.27. The van der Waals surface area contributed by atoms with Crippen molar-refractivity contribution >= 4 is 7.14 Å². The van der Waals surface area contributed by atoms with Crippen LogP contribution in [0.2, 0.25) is 0 Å². The van der Waals surface area contributed by atoms with E-state index in [2.05, 4.69) is 20.8 Å². The molecule has 1 atom stereocenters. The van der Waals surface area contributed by atoms with Crippen LogP contribution in [0.3, 0.4) is 0 Å². The van der Waals surface area contributed by atoms with Crippen molar-refractivity contribution in [3.8, 4) is 0 Å². The molecule has 1 rings (SSSR count). The second-order valence-electron chi connectivity index (χ2n) is 5.42. The highest BCUT2D eigenvalue weighted by Gasteiger charge is 2.35. The predicted octanol–water partition coefficient (Wildman–Crippen LogP) is 3.99. The summed E-state index contributed by atoms with van der Waals surface area (Å²) >= 11 is 0. The Morgan fingerprint density at radius 2 is 1.76 bits per heavy atom. The zero-order chi connectivity index (χ0) is 12.9. The molecule has 3 heteroatoms. The van der Waals surface area contributed by atoms with E-state index < -0.39 is 7.14 Å². The molecule has 0 heterocycles. The highest BCUT2D eigenvalue weighted by atomic mass is 31.2. The number of ether oxygens (including phenoxy) is 1. The summed E-state index contributed by atoms with van der Waals surface area (Å²) in [4.78, 5) is 0. The summed E-state index contributed by atoms with van der Waals surface area (Å²) in [7, 11) is -0.604.